The van der Waals surface area contributed by atoms with E-state index < -0.39 is 0 Å². The Balaban J connectivity index is 1.66. The molecule has 0 unspecified atom stereocenters. The van der Waals surface area contributed by atoms with Gasteiger partial charge in [-0.3, -0.25) is 9.80 Å². The van der Waals surface area contributed by atoms with E-state index in [1.165, 1.54) is 5.56 Å². The molecular formula is C23H32N2O4. The standard InChI is InChI=1S/C23H32N2O4/c1-3-29-22-9-5-7-19(23(22)27)16-24-11-12-25(20(17-24)10-13-26)15-18-6-4-8-21(14-18)28-2/h4-9,14,20,26-27H,3,10-13,15-17H2,1-2H3/t20-/m1/s1. The highest BCUT2D eigenvalue weighted by Gasteiger charge is 2.27. The molecule has 0 aromatic heterocycles. The summed E-state index contributed by atoms with van der Waals surface area (Å²) in [6.45, 7) is 6.77. The molecule has 1 aliphatic rings. The lowest BCUT2D eigenvalue weighted by Crippen LogP contribution is -2.52. The third-order valence-electron chi connectivity index (χ3n) is 5.45. The van der Waals surface area contributed by atoms with Gasteiger partial charge in [-0.2, -0.15) is 0 Å². The highest BCUT2D eigenvalue weighted by atomic mass is 16.5. The van der Waals surface area contributed by atoms with Gasteiger partial charge >= 0.3 is 0 Å². The van der Waals surface area contributed by atoms with Gasteiger partial charge in [0.05, 0.1) is 13.7 Å². The topological polar surface area (TPSA) is 65.4 Å². The van der Waals surface area contributed by atoms with Crippen molar-refractivity contribution in [1.82, 2.24) is 9.80 Å². The third kappa shape index (κ3) is 5.63. The number of phenolic OH excluding ortho intramolecular Hbond substituents is 1. The van der Waals surface area contributed by atoms with E-state index in [1.54, 1.807) is 13.2 Å². The minimum Gasteiger partial charge on any atom is -0.504 e. The number of benzene rings is 2. The Kier molecular flexibility index (Phi) is 7.75. The van der Waals surface area contributed by atoms with Crippen molar-refractivity contribution in [3.05, 3.63) is 53.6 Å². The molecule has 0 spiro atoms. The molecule has 1 saturated heterocycles. The number of aromatic hydroxyl groups is 1. The number of nitrogens with zero attached hydrogens (tertiary/aromatic N) is 2. The molecule has 6 nitrogen and oxygen atoms in total. The molecule has 1 aliphatic heterocycles. The largest absolute Gasteiger partial charge is 0.504 e. The van der Waals surface area contributed by atoms with E-state index in [2.05, 4.69) is 21.9 Å². The van der Waals surface area contributed by atoms with Gasteiger partial charge in [-0.1, -0.05) is 24.3 Å². The summed E-state index contributed by atoms with van der Waals surface area (Å²) in [5, 5.41) is 20.1. The lowest BCUT2D eigenvalue weighted by Gasteiger charge is -2.41. The average molecular weight is 401 g/mol. The number of piperazine rings is 1. The van der Waals surface area contributed by atoms with Crippen LogP contribution in [0.2, 0.25) is 0 Å². The minimum absolute atomic E-state index is 0.165. The molecule has 0 radical (unpaired) electrons. The molecule has 0 amide bonds. The number of rotatable bonds is 9. The molecular weight excluding hydrogens is 368 g/mol. The van der Waals surface area contributed by atoms with Crippen molar-refractivity contribution in [2.75, 3.05) is 40.0 Å². The normalized spacial score (nSPS) is 18.0. The van der Waals surface area contributed by atoms with Gasteiger partial charge in [0.25, 0.3) is 0 Å². The summed E-state index contributed by atoms with van der Waals surface area (Å²) in [4.78, 5) is 4.77. The predicted octanol–water partition coefficient (Wildman–Crippen LogP) is 2.87. The van der Waals surface area contributed by atoms with E-state index in [-0.39, 0.29) is 18.4 Å². The summed E-state index contributed by atoms with van der Waals surface area (Å²) in [6.07, 6.45) is 0.728. The van der Waals surface area contributed by atoms with Crippen molar-refractivity contribution in [1.29, 1.82) is 0 Å². The zero-order chi connectivity index (χ0) is 20.6. The van der Waals surface area contributed by atoms with Crippen LogP contribution in [0, 0.1) is 0 Å². The van der Waals surface area contributed by atoms with Crippen LogP contribution in [0.4, 0.5) is 0 Å². The first-order chi connectivity index (χ1) is 14.1. The van der Waals surface area contributed by atoms with Crippen LogP contribution in [0.25, 0.3) is 0 Å². The molecule has 1 heterocycles. The zero-order valence-corrected chi connectivity index (χ0v) is 17.4. The Morgan fingerprint density at radius 2 is 1.93 bits per heavy atom. The fourth-order valence-electron chi connectivity index (χ4n) is 3.95. The molecule has 1 fully saturated rings. The molecule has 158 valence electrons. The van der Waals surface area contributed by atoms with Gasteiger partial charge < -0.3 is 19.7 Å². The van der Waals surface area contributed by atoms with Crippen molar-refractivity contribution in [3.63, 3.8) is 0 Å². The van der Waals surface area contributed by atoms with Crippen LogP contribution < -0.4 is 9.47 Å². The van der Waals surface area contributed by atoms with Crippen molar-refractivity contribution in [2.24, 2.45) is 0 Å². The van der Waals surface area contributed by atoms with Gasteiger partial charge in [-0.15, -0.1) is 0 Å². The van der Waals surface area contributed by atoms with Crippen LogP contribution >= 0.6 is 0 Å². The third-order valence-corrected chi connectivity index (χ3v) is 5.45. The van der Waals surface area contributed by atoms with E-state index in [1.807, 2.05) is 31.2 Å². The number of phenols is 1. The Labute approximate surface area is 173 Å². The van der Waals surface area contributed by atoms with Crippen molar-refractivity contribution in [2.45, 2.75) is 32.5 Å². The van der Waals surface area contributed by atoms with Crippen molar-refractivity contribution >= 4 is 0 Å². The fraction of sp³-hybridized carbons (Fsp3) is 0.478. The van der Waals surface area contributed by atoms with Gasteiger partial charge in [0.2, 0.25) is 0 Å². The first kappa shape index (κ1) is 21.4. The molecule has 2 aromatic rings. The lowest BCUT2D eigenvalue weighted by atomic mass is 10.1. The molecule has 6 heteroatoms. The summed E-state index contributed by atoms with van der Waals surface area (Å²) in [5.74, 6) is 1.63. The molecule has 29 heavy (non-hydrogen) atoms. The Morgan fingerprint density at radius 3 is 2.69 bits per heavy atom. The van der Waals surface area contributed by atoms with Gasteiger partial charge in [-0.25, -0.2) is 0 Å². The summed E-state index contributed by atoms with van der Waals surface area (Å²) >= 11 is 0. The molecule has 0 aliphatic carbocycles. The number of ether oxygens (including phenoxy) is 2. The van der Waals surface area contributed by atoms with Gasteiger partial charge in [0, 0.05) is 50.9 Å². The minimum atomic E-state index is 0.165. The van der Waals surface area contributed by atoms with E-state index in [9.17, 15) is 10.2 Å². The lowest BCUT2D eigenvalue weighted by molar-refractivity contribution is 0.0495. The maximum Gasteiger partial charge on any atom is 0.162 e. The molecule has 2 aromatic carbocycles. The van der Waals surface area contributed by atoms with E-state index in [0.29, 0.717) is 18.9 Å². The van der Waals surface area contributed by atoms with Crippen LogP contribution in [-0.2, 0) is 13.1 Å². The second-order valence-corrected chi connectivity index (χ2v) is 7.42. The average Bonchev–Trinajstić information content (AvgIpc) is 2.73. The monoisotopic (exact) mass is 400 g/mol. The first-order valence-electron chi connectivity index (χ1n) is 10.3. The summed E-state index contributed by atoms with van der Waals surface area (Å²) in [5.41, 5.74) is 2.09. The highest BCUT2D eigenvalue weighted by Crippen LogP contribution is 2.31. The number of aliphatic hydroxyl groups excluding tert-OH is 1. The van der Waals surface area contributed by atoms with Crippen molar-refractivity contribution < 1.29 is 19.7 Å². The van der Waals surface area contributed by atoms with Crippen LogP contribution in [-0.4, -0.2) is 66.0 Å². The fourth-order valence-corrected chi connectivity index (χ4v) is 3.95. The maximum atomic E-state index is 10.5. The van der Waals surface area contributed by atoms with Crippen LogP contribution in [0.15, 0.2) is 42.5 Å². The van der Waals surface area contributed by atoms with Crippen molar-refractivity contribution in [3.8, 4) is 17.2 Å². The zero-order valence-electron chi connectivity index (χ0n) is 17.4. The molecule has 2 N–H and O–H groups in total. The number of hydrogen-bond donors (Lipinski definition) is 2. The highest BCUT2D eigenvalue weighted by molar-refractivity contribution is 5.45. The summed E-state index contributed by atoms with van der Waals surface area (Å²) in [7, 11) is 1.68. The number of para-hydroxylation sites is 1. The van der Waals surface area contributed by atoms with Crippen LogP contribution in [0.5, 0.6) is 17.2 Å². The van der Waals surface area contributed by atoms with E-state index in [4.69, 9.17) is 9.47 Å². The molecule has 3 rings (SSSR count). The van der Waals surface area contributed by atoms with Crippen LogP contribution in [0.1, 0.15) is 24.5 Å². The second-order valence-electron chi connectivity index (χ2n) is 7.42. The second kappa shape index (κ2) is 10.5. The summed E-state index contributed by atoms with van der Waals surface area (Å²) in [6, 6.07) is 14.1. The molecule has 0 saturated carbocycles. The van der Waals surface area contributed by atoms with Gasteiger partial charge in [0.1, 0.15) is 5.75 Å². The van der Waals surface area contributed by atoms with Gasteiger partial charge in [-0.05, 0) is 37.1 Å². The first-order valence-corrected chi connectivity index (χ1v) is 10.3. The number of aliphatic hydroxyl groups is 1. The maximum absolute atomic E-state index is 10.5. The molecule has 1 atom stereocenters. The number of hydrogen-bond acceptors (Lipinski definition) is 6. The quantitative estimate of drug-likeness (QED) is 0.675. The van der Waals surface area contributed by atoms with E-state index in [0.717, 1.165) is 43.9 Å². The van der Waals surface area contributed by atoms with Crippen LogP contribution in [0.3, 0.4) is 0 Å². The van der Waals surface area contributed by atoms with Gasteiger partial charge in [0.15, 0.2) is 11.5 Å². The number of methoxy groups -OCH3 is 1. The molecule has 0 bridgehead atoms. The Morgan fingerprint density at radius 1 is 1.10 bits per heavy atom. The Hall–Kier alpha value is -2.28. The SMILES string of the molecule is CCOc1cccc(CN2CCN(Cc3cccc(OC)c3)[C@H](CCO)C2)c1O. The Bertz CT molecular complexity index is 783. The predicted molar refractivity (Wildman–Crippen MR) is 113 cm³/mol. The van der Waals surface area contributed by atoms with E-state index >= 15 is 0 Å². The summed E-state index contributed by atoms with van der Waals surface area (Å²) < 4.78 is 10.8. The smallest absolute Gasteiger partial charge is 0.162 e.